The molecule has 0 saturated carbocycles. The third-order valence-corrected chi connectivity index (χ3v) is 6.01. The molecule has 0 aromatic heterocycles. The zero-order valence-electron chi connectivity index (χ0n) is 17.7. The summed E-state index contributed by atoms with van der Waals surface area (Å²) in [5.74, 6) is -0.276. The minimum Gasteiger partial charge on any atom is -0.351 e. The first-order valence-corrected chi connectivity index (χ1v) is 11.4. The van der Waals surface area contributed by atoms with E-state index in [4.69, 9.17) is 0 Å². The third-order valence-electron chi connectivity index (χ3n) is 4.63. The van der Waals surface area contributed by atoms with E-state index in [1.807, 2.05) is 31.1 Å². The van der Waals surface area contributed by atoms with Crippen LogP contribution in [0.3, 0.4) is 0 Å². The Bertz CT molecular complexity index is 923. The number of carbonyl (C=O) groups is 1. The molecule has 0 aliphatic rings. The number of nitrogens with zero attached hydrogens (tertiary/aromatic N) is 1. The number of hydrogen-bond acceptors (Lipinski definition) is 4. The highest BCUT2D eigenvalue weighted by atomic mass is 32.2. The van der Waals surface area contributed by atoms with Gasteiger partial charge in [-0.15, -0.1) is 0 Å². The number of carbonyl (C=O) groups excluding carboxylic acids is 1. The molecule has 0 fully saturated rings. The molecule has 0 unspecified atom stereocenters. The lowest BCUT2D eigenvalue weighted by molar-refractivity contribution is 0.0950. The van der Waals surface area contributed by atoms with Gasteiger partial charge in [-0.3, -0.25) is 9.52 Å². The number of hydrogen-bond donors (Lipinski definition) is 2. The second kappa shape index (κ2) is 10.4. The fourth-order valence-electron chi connectivity index (χ4n) is 2.84. The van der Waals surface area contributed by atoms with Crippen molar-refractivity contribution in [1.82, 2.24) is 10.2 Å². The molecule has 2 N–H and O–H groups in total. The number of aryl methyl sites for hydroxylation is 2. The molecule has 0 aliphatic carbocycles. The highest BCUT2D eigenvalue weighted by Crippen LogP contribution is 2.20. The van der Waals surface area contributed by atoms with Crippen molar-refractivity contribution in [2.75, 3.05) is 31.9 Å². The maximum absolute atomic E-state index is 12.8. The minimum atomic E-state index is -3.79. The number of sulfonamides is 1. The Morgan fingerprint density at radius 3 is 2.38 bits per heavy atom. The molecule has 0 saturated heterocycles. The van der Waals surface area contributed by atoms with Crippen LogP contribution in [0.1, 0.15) is 41.3 Å². The molecule has 7 heteroatoms. The normalized spacial score (nSPS) is 11.5. The van der Waals surface area contributed by atoms with Crippen molar-refractivity contribution in [2.24, 2.45) is 0 Å². The first-order valence-electron chi connectivity index (χ1n) is 9.88. The standard InChI is InChI=1S/C22H31N3O3S/c1-5-6-7-18-9-11-19(12-10-18)24-29(27,28)20-13-8-17(2)21(16-20)22(26)23-14-15-25(3)4/h8-13,16,24H,5-7,14-15H2,1-4H3,(H,23,26). The highest BCUT2D eigenvalue weighted by Gasteiger charge is 2.18. The Labute approximate surface area is 174 Å². The van der Waals surface area contributed by atoms with Crippen molar-refractivity contribution in [2.45, 2.75) is 38.0 Å². The van der Waals surface area contributed by atoms with Gasteiger partial charge in [-0.25, -0.2) is 8.42 Å². The topological polar surface area (TPSA) is 78.5 Å². The minimum absolute atomic E-state index is 0.0657. The van der Waals surface area contributed by atoms with Gasteiger partial charge < -0.3 is 10.2 Å². The van der Waals surface area contributed by atoms with Crippen LogP contribution in [0, 0.1) is 6.92 Å². The second-order valence-electron chi connectivity index (χ2n) is 7.44. The van der Waals surface area contributed by atoms with E-state index < -0.39 is 10.0 Å². The van der Waals surface area contributed by atoms with E-state index in [0.717, 1.165) is 24.8 Å². The van der Waals surface area contributed by atoms with E-state index in [1.54, 1.807) is 25.1 Å². The maximum atomic E-state index is 12.8. The largest absolute Gasteiger partial charge is 0.351 e. The number of likely N-dealkylation sites (N-methyl/N-ethyl adjacent to an activating group) is 1. The number of nitrogens with one attached hydrogen (secondary N) is 2. The molecule has 2 aromatic rings. The van der Waals surface area contributed by atoms with Crippen LogP contribution in [-0.4, -0.2) is 46.4 Å². The summed E-state index contributed by atoms with van der Waals surface area (Å²) >= 11 is 0. The average molecular weight is 418 g/mol. The van der Waals surface area contributed by atoms with E-state index in [-0.39, 0.29) is 10.8 Å². The lowest BCUT2D eigenvalue weighted by Crippen LogP contribution is -2.31. The van der Waals surface area contributed by atoms with Gasteiger partial charge in [-0.2, -0.15) is 0 Å². The van der Waals surface area contributed by atoms with Crippen molar-refractivity contribution in [3.8, 4) is 0 Å². The molecule has 0 spiro atoms. The predicted molar refractivity (Wildman–Crippen MR) is 118 cm³/mol. The fraction of sp³-hybridized carbons (Fsp3) is 0.409. The Morgan fingerprint density at radius 2 is 1.76 bits per heavy atom. The second-order valence-corrected chi connectivity index (χ2v) is 9.12. The SMILES string of the molecule is CCCCc1ccc(NS(=O)(=O)c2ccc(C)c(C(=O)NCCN(C)C)c2)cc1. The first-order chi connectivity index (χ1) is 13.7. The molecule has 29 heavy (non-hydrogen) atoms. The summed E-state index contributed by atoms with van der Waals surface area (Å²) in [7, 11) is 0.0584. The van der Waals surface area contributed by atoms with E-state index in [2.05, 4.69) is 17.0 Å². The average Bonchev–Trinajstić information content (AvgIpc) is 2.67. The van der Waals surface area contributed by atoms with Gasteiger partial charge in [0.2, 0.25) is 0 Å². The monoisotopic (exact) mass is 417 g/mol. The van der Waals surface area contributed by atoms with E-state index >= 15 is 0 Å². The van der Waals surface area contributed by atoms with Crippen LogP contribution in [0.25, 0.3) is 0 Å². The number of amides is 1. The van der Waals surface area contributed by atoms with Crippen molar-refractivity contribution in [1.29, 1.82) is 0 Å². The van der Waals surface area contributed by atoms with Gasteiger partial charge >= 0.3 is 0 Å². The lowest BCUT2D eigenvalue weighted by Gasteiger charge is -2.13. The molecule has 0 radical (unpaired) electrons. The van der Waals surface area contributed by atoms with Crippen molar-refractivity contribution in [3.63, 3.8) is 0 Å². The maximum Gasteiger partial charge on any atom is 0.261 e. The van der Waals surface area contributed by atoms with Gasteiger partial charge in [-0.05, 0) is 69.3 Å². The van der Waals surface area contributed by atoms with Gasteiger partial charge in [0, 0.05) is 24.3 Å². The predicted octanol–water partition coefficient (Wildman–Crippen LogP) is 3.43. The van der Waals surface area contributed by atoms with E-state index in [1.165, 1.54) is 17.7 Å². The highest BCUT2D eigenvalue weighted by molar-refractivity contribution is 7.92. The van der Waals surface area contributed by atoms with Gasteiger partial charge in [0.05, 0.1) is 4.90 Å². The van der Waals surface area contributed by atoms with Crippen molar-refractivity contribution in [3.05, 3.63) is 59.2 Å². The molecule has 0 aliphatic heterocycles. The zero-order chi connectivity index (χ0) is 21.4. The number of rotatable bonds is 10. The van der Waals surface area contributed by atoms with Crippen LogP contribution in [0.2, 0.25) is 0 Å². The fourth-order valence-corrected chi connectivity index (χ4v) is 3.92. The van der Waals surface area contributed by atoms with Gasteiger partial charge in [-0.1, -0.05) is 31.5 Å². The molecule has 0 heterocycles. The molecular formula is C22H31N3O3S. The smallest absolute Gasteiger partial charge is 0.261 e. The van der Waals surface area contributed by atoms with E-state index in [9.17, 15) is 13.2 Å². The summed E-state index contributed by atoms with van der Waals surface area (Å²) in [4.78, 5) is 14.5. The zero-order valence-corrected chi connectivity index (χ0v) is 18.5. The lowest BCUT2D eigenvalue weighted by atomic mass is 10.1. The molecule has 2 rings (SSSR count). The van der Waals surface area contributed by atoms with Crippen LogP contribution in [0.4, 0.5) is 5.69 Å². The molecule has 0 bridgehead atoms. The van der Waals surface area contributed by atoms with Crippen LogP contribution < -0.4 is 10.0 Å². The third kappa shape index (κ3) is 6.87. The molecule has 0 atom stereocenters. The van der Waals surface area contributed by atoms with Crippen LogP contribution in [0.5, 0.6) is 0 Å². The van der Waals surface area contributed by atoms with Crippen LogP contribution in [0.15, 0.2) is 47.4 Å². The molecule has 2 aromatic carbocycles. The van der Waals surface area contributed by atoms with Gasteiger partial charge in [0.25, 0.3) is 15.9 Å². The molecule has 158 valence electrons. The van der Waals surface area contributed by atoms with Gasteiger partial charge in [0.15, 0.2) is 0 Å². The van der Waals surface area contributed by atoms with Crippen LogP contribution >= 0.6 is 0 Å². The summed E-state index contributed by atoms with van der Waals surface area (Å²) in [5.41, 5.74) is 2.78. The van der Waals surface area contributed by atoms with Crippen LogP contribution in [-0.2, 0) is 16.4 Å². The number of anilines is 1. The molecular weight excluding hydrogens is 386 g/mol. The Morgan fingerprint density at radius 1 is 1.07 bits per heavy atom. The number of unbranched alkanes of at least 4 members (excludes halogenated alkanes) is 1. The van der Waals surface area contributed by atoms with Crippen molar-refractivity contribution >= 4 is 21.6 Å². The summed E-state index contributed by atoms with van der Waals surface area (Å²) < 4.78 is 28.2. The summed E-state index contributed by atoms with van der Waals surface area (Å²) in [6, 6.07) is 12.0. The molecule has 1 amide bonds. The molecule has 6 nitrogen and oxygen atoms in total. The summed E-state index contributed by atoms with van der Waals surface area (Å²) in [5, 5.41) is 2.83. The summed E-state index contributed by atoms with van der Waals surface area (Å²) in [6.45, 7) is 5.13. The summed E-state index contributed by atoms with van der Waals surface area (Å²) in [6.07, 6.45) is 3.20. The quantitative estimate of drug-likeness (QED) is 0.621. The Kier molecular flexibility index (Phi) is 8.22. The van der Waals surface area contributed by atoms with E-state index in [0.29, 0.717) is 24.3 Å². The Balaban J connectivity index is 2.14. The Hall–Kier alpha value is -2.38. The number of benzene rings is 2. The van der Waals surface area contributed by atoms with Gasteiger partial charge in [0.1, 0.15) is 0 Å². The van der Waals surface area contributed by atoms with Crippen molar-refractivity contribution < 1.29 is 13.2 Å². The first kappa shape index (κ1) is 22.9.